The van der Waals surface area contributed by atoms with Crippen LogP contribution in [-0.4, -0.2) is 46.0 Å². The number of hydrogen-bond acceptors (Lipinski definition) is 3. The van der Waals surface area contributed by atoms with Crippen molar-refractivity contribution in [1.29, 1.82) is 0 Å². The van der Waals surface area contributed by atoms with Crippen molar-refractivity contribution < 1.29 is 9.47 Å². The number of nitrogens with zero attached hydrogens (tertiary/aromatic N) is 1. The fourth-order valence-electron chi connectivity index (χ4n) is 1.82. The molecule has 0 aliphatic rings. The molecular weight excluding hydrogens is 393 g/mol. The molecule has 1 unspecified atom stereocenters. The lowest BCUT2D eigenvalue weighted by atomic mass is 10.1. The molecule has 0 saturated heterocycles. The molecule has 1 rings (SSSR count). The van der Waals surface area contributed by atoms with E-state index in [1.54, 1.807) is 7.11 Å². The Morgan fingerprint density at radius 2 is 1.91 bits per heavy atom. The summed E-state index contributed by atoms with van der Waals surface area (Å²) in [6.45, 7) is 7.46. The molecule has 1 aromatic carbocycles. The van der Waals surface area contributed by atoms with Crippen LogP contribution in [0.15, 0.2) is 35.3 Å². The van der Waals surface area contributed by atoms with E-state index < -0.39 is 0 Å². The lowest BCUT2D eigenvalue weighted by Gasteiger charge is -2.18. The highest BCUT2D eigenvalue weighted by atomic mass is 127. The van der Waals surface area contributed by atoms with E-state index in [0.29, 0.717) is 26.4 Å². The first-order chi connectivity index (χ1) is 10.3. The fraction of sp³-hybridized carbons (Fsp3) is 0.562. The van der Waals surface area contributed by atoms with Gasteiger partial charge < -0.3 is 20.1 Å². The molecule has 0 saturated carbocycles. The van der Waals surface area contributed by atoms with Crippen LogP contribution in [0.2, 0.25) is 0 Å². The summed E-state index contributed by atoms with van der Waals surface area (Å²) >= 11 is 0. The highest BCUT2D eigenvalue weighted by Gasteiger charge is 2.06. The highest BCUT2D eigenvalue weighted by molar-refractivity contribution is 14.0. The van der Waals surface area contributed by atoms with Gasteiger partial charge in [-0.15, -0.1) is 24.0 Å². The van der Waals surface area contributed by atoms with Crippen LogP contribution in [0, 0.1) is 0 Å². The molecule has 1 atom stereocenters. The number of halogens is 1. The predicted octanol–water partition coefficient (Wildman–Crippen LogP) is 2.58. The first kappa shape index (κ1) is 21.1. The zero-order valence-electron chi connectivity index (χ0n) is 13.7. The van der Waals surface area contributed by atoms with Gasteiger partial charge in [-0.05, 0) is 19.4 Å². The van der Waals surface area contributed by atoms with Crippen LogP contribution in [0.5, 0.6) is 0 Å². The quantitative estimate of drug-likeness (QED) is 0.279. The van der Waals surface area contributed by atoms with E-state index in [2.05, 4.69) is 41.6 Å². The summed E-state index contributed by atoms with van der Waals surface area (Å²) in [5.74, 6) is 0.809. The Morgan fingerprint density at radius 3 is 2.55 bits per heavy atom. The Labute approximate surface area is 150 Å². The number of guanidine groups is 1. The normalized spacial score (nSPS) is 12.4. The second kappa shape index (κ2) is 13.8. The van der Waals surface area contributed by atoms with Gasteiger partial charge in [0.05, 0.1) is 32.4 Å². The molecule has 6 heteroatoms. The van der Waals surface area contributed by atoms with E-state index in [9.17, 15) is 0 Å². The van der Waals surface area contributed by atoms with Crippen LogP contribution in [0.4, 0.5) is 0 Å². The van der Waals surface area contributed by atoms with Crippen molar-refractivity contribution in [2.24, 2.45) is 4.99 Å². The maximum absolute atomic E-state index is 5.40. The maximum atomic E-state index is 5.40. The van der Waals surface area contributed by atoms with E-state index in [4.69, 9.17) is 9.47 Å². The number of hydrogen-bond donors (Lipinski definition) is 2. The summed E-state index contributed by atoms with van der Waals surface area (Å²) in [7, 11) is 1.67. The van der Waals surface area contributed by atoms with Gasteiger partial charge in [-0.25, -0.2) is 0 Å². The number of ether oxygens (including phenoxy) is 2. The summed E-state index contributed by atoms with van der Waals surface area (Å²) in [5, 5.41) is 6.64. The molecule has 22 heavy (non-hydrogen) atoms. The van der Waals surface area contributed by atoms with Crippen LogP contribution in [-0.2, 0) is 9.47 Å². The van der Waals surface area contributed by atoms with Crippen LogP contribution in [0.3, 0.4) is 0 Å². The van der Waals surface area contributed by atoms with E-state index >= 15 is 0 Å². The van der Waals surface area contributed by atoms with Gasteiger partial charge in [0.2, 0.25) is 0 Å². The van der Waals surface area contributed by atoms with E-state index in [-0.39, 0.29) is 30.0 Å². The Kier molecular flexibility index (Phi) is 13.2. The van der Waals surface area contributed by atoms with Crippen molar-refractivity contribution in [3.63, 3.8) is 0 Å². The van der Waals surface area contributed by atoms with Crippen LogP contribution < -0.4 is 10.6 Å². The lowest BCUT2D eigenvalue weighted by molar-refractivity contribution is 0.0748. The number of benzene rings is 1. The maximum Gasteiger partial charge on any atom is 0.191 e. The lowest BCUT2D eigenvalue weighted by Crippen LogP contribution is -2.39. The third-order valence-electron chi connectivity index (χ3n) is 2.93. The molecule has 0 aromatic heterocycles. The fourth-order valence-corrected chi connectivity index (χ4v) is 1.82. The molecule has 0 amide bonds. The smallest absolute Gasteiger partial charge is 0.191 e. The molecule has 0 aliphatic heterocycles. The van der Waals surface area contributed by atoms with Crippen molar-refractivity contribution in [3.8, 4) is 0 Å². The van der Waals surface area contributed by atoms with Gasteiger partial charge in [0.15, 0.2) is 5.96 Å². The molecule has 5 nitrogen and oxygen atoms in total. The Morgan fingerprint density at radius 1 is 1.18 bits per heavy atom. The third-order valence-corrected chi connectivity index (χ3v) is 2.93. The van der Waals surface area contributed by atoms with Crippen molar-refractivity contribution in [2.45, 2.75) is 19.9 Å². The van der Waals surface area contributed by atoms with Crippen molar-refractivity contribution >= 4 is 29.9 Å². The monoisotopic (exact) mass is 421 g/mol. The molecule has 0 spiro atoms. The Bertz CT molecular complexity index is 402. The molecule has 0 fully saturated rings. The molecule has 1 aromatic rings. The summed E-state index contributed by atoms with van der Waals surface area (Å²) in [5.41, 5.74) is 1.24. The molecule has 0 heterocycles. The first-order valence-electron chi connectivity index (χ1n) is 7.44. The molecule has 2 N–H and O–H groups in total. The number of rotatable bonds is 9. The van der Waals surface area contributed by atoms with Gasteiger partial charge in [-0.1, -0.05) is 30.3 Å². The van der Waals surface area contributed by atoms with Gasteiger partial charge >= 0.3 is 0 Å². The van der Waals surface area contributed by atoms with Crippen LogP contribution >= 0.6 is 24.0 Å². The molecule has 0 bridgehead atoms. The van der Waals surface area contributed by atoms with Crippen molar-refractivity contribution in [2.75, 3.05) is 40.0 Å². The summed E-state index contributed by atoms with van der Waals surface area (Å²) in [6, 6.07) is 10.5. The molecule has 126 valence electrons. The Balaban J connectivity index is 0.00000441. The van der Waals surface area contributed by atoms with Gasteiger partial charge in [0, 0.05) is 13.7 Å². The van der Waals surface area contributed by atoms with Gasteiger partial charge in [0.25, 0.3) is 0 Å². The average molecular weight is 421 g/mol. The van der Waals surface area contributed by atoms with Crippen LogP contribution in [0.25, 0.3) is 0 Å². The van der Waals surface area contributed by atoms with E-state index in [1.165, 1.54) is 5.56 Å². The summed E-state index contributed by atoms with van der Waals surface area (Å²) in [6.07, 6.45) is 0. The predicted molar refractivity (Wildman–Crippen MR) is 102 cm³/mol. The third kappa shape index (κ3) is 9.22. The molecule has 0 aliphatic carbocycles. The molecule has 0 radical (unpaired) electrons. The molecular formula is C16H28IN3O2. The zero-order valence-corrected chi connectivity index (χ0v) is 16.0. The number of aliphatic imine (C=N–C) groups is 1. The summed E-state index contributed by atoms with van der Waals surface area (Å²) < 4.78 is 10.3. The summed E-state index contributed by atoms with van der Waals surface area (Å²) in [4.78, 5) is 4.51. The van der Waals surface area contributed by atoms with Crippen molar-refractivity contribution in [1.82, 2.24) is 10.6 Å². The van der Waals surface area contributed by atoms with Gasteiger partial charge in [-0.2, -0.15) is 0 Å². The first-order valence-corrected chi connectivity index (χ1v) is 7.44. The second-order valence-electron chi connectivity index (χ2n) is 4.64. The average Bonchev–Trinajstić information content (AvgIpc) is 2.51. The van der Waals surface area contributed by atoms with Crippen LogP contribution in [0.1, 0.15) is 25.5 Å². The number of methoxy groups -OCH3 is 1. The number of nitrogens with one attached hydrogen (secondary N) is 2. The Hall–Kier alpha value is -0.860. The minimum absolute atomic E-state index is 0. The largest absolute Gasteiger partial charge is 0.382 e. The SMILES string of the molecule is CCNC(=NCCOCCOC)NC(C)c1ccccc1.I. The minimum atomic E-state index is 0. The van der Waals surface area contributed by atoms with Gasteiger partial charge in [0.1, 0.15) is 0 Å². The van der Waals surface area contributed by atoms with E-state index in [1.807, 2.05) is 18.2 Å². The van der Waals surface area contributed by atoms with Crippen molar-refractivity contribution in [3.05, 3.63) is 35.9 Å². The zero-order chi connectivity index (χ0) is 15.3. The topological polar surface area (TPSA) is 54.9 Å². The van der Waals surface area contributed by atoms with Gasteiger partial charge in [-0.3, -0.25) is 4.99 Å². The van der Waals surface area contributed by atoms with E-state index in [0.717, 1.165) is 12.5 Å². The minimum Gasteiger partial charge on any atom is -0.382 e. The highest BCUT2D eigenvalue weighted by Crippen LogP contribution is 2.10. The second-order valence-corrected chi connectivity index (χ2v) is 4.64. The standard InChI is InChI=1S/C16H27N3O2.HI/c1-4-17-16(18-10-11-21-13-12-20-3)19-14(2)15-8-6-5-7-9-15;/h5-9,14H,4,10-13H2,1-3H3,(H2,17,18,19);1H.